The average molecular weight is 552 g/mol. The van der Waals surface area contributed by atoms with Gasteiger partial charge in [-0.05, 0) is 53.5 Å². The van der Waals surface area contributed by atoms with Gasteiger partial charge >= 0.3 is 6.03 Å². The van der Waals surface area contributed by atoms with Gasteiger partial charge in [0.25, 0.3) is 0 Å². The Morgan fingerprint density at radius 3 is 2.67 bits per heavy atom. The SMILES string of the molecule is Cc1nn(-c2ccnc(N3CCN(C(=O)N4N=CC[C@H]4c4cc(F)cc(C#N)c4)CC3)n2)c(C)c1Br. The summed E-state index contributed by atoms with van der Waals surface area (Å²) in [5.74, 6) is 0.738. The second-order valence-electron chi connectivity index (χ2n) is 8.65. The lowest BCUT2D eigenvalue weighted by atomic mass is 10.0. The molecule has 0 spiro atoms. The predicted octanol–water partition coefficient (Wildman–Crippen LogP) is 3.73. The fourth-order valence-corrected chi connectivity index (χ4v) is 4.69. The van der Waals surface area contributed by atoms with Crippen LogP contribution in [0.15, 0.2) is 40.0 Å². The molecule has 1 aromatic carbocycles. The molecule has 2 aliphatic heterocycles. The number of halogens is 2. The molecule has 0 bridgehead atoms. The van der Waals surface area contributed by atoms with Crippen molar-refractivity contribution in [1.29, 1.82) is 5.26 Å². The maximum Gasteiger partial charge on any atom is 0.341 e. The molecule has 2 amide bonds. The molecule has 4 heterocycles. The average Bonchev–Trinajstić information content (AvgIpc) is 3.49. The summed E-state index contributed by atoms with van der Waals surface area (Å²) in [7, 11) is 0. The topological polar surface area (TPSA) is 107 Å². The van der Waals surface area contributed by atoms with Crippen LogP contribution in [0.2, 0.25) is 0 Å². The molecule has 12 heteroatoms. The van der Waals surface area contributed by atoms with E-state index in [0.29, 0.717) is 49.9 Å². The number of nitriles is 1. The van der Waals surface area contributed by atoms with Crippen LogP contribution in [0.4, 0.5) is 15.1 Å². The number of carbonyl (C=O) groups excluding carboxylic acids is 1. The predicted molar refractivity (Wildman–Crippen MR) is 134 cm³/mol. The van der Waals surface area contributed by atoms with E-state index >= 15 is 0 Å². The summed E-state index contributed by atoms with van der Waals surface area (Å²) >= 11 is 3.55. The van der Waals surface area contributed by atoms with E-state index in [1.54, 1.807) is 28.1 Å². The van der Waals surface area contributed by atoms with Crippen LogP contribution in [0.3, 0.4) is 0 Å². The van der Waals surface area contributed by atoms with Gasteiger partial charge in [0.05, 0.1) is 33.5 Å². The number of benzene rings is 1. The minimum Gasteiger partial charge on any atom is -0.337 e. The first-order chi connectivity index (χ1) is 17.4. The summed E-state index contributed by atoms with van der Waals surface area (Å²) in [5.41, 5.74) is 2.60. The lowest BCUT2D eigenvalue weighted by Gasteiger charge is -2.37. The molecule has 1 atom stereocenters. The van der Waals surface area contributed by atoms with Gasteiger partial charge in [-0.3, -0.25) is 0 Å². The summed E-state index contributed by atoms with van der Waals surface area (Å²) in [6.45, 7) is 5.92. The molecule has 36 heavy (non-hydrogen) atoms. The number of hydrogen-bond acceptors (Lipinski definition) is 7. The van der Waals surface area contributed by atoms with E-state index in [9.17, 15) is 14.4 Å². The summed E-state index contributed by atoms with van der Waals surface area (Å²) in [4.78, 5) is 26.2. The molecule has 2 aromatic heterocycles. The quantitative estimate of drug-likeness (QED) is 0.491. The summed E-state index contributed by atoms with van der Waals surface area (Å²) in [5, 5.41) is 19.4. The maximum atomic E-state index is 14.0. The number of hydrazone groups is 1. The third-order valence-electron chi connectivity index (χ3n) is 6.34. The Balaban J connectivity index is 1.27. The van der Waals surface area contributed by atoms with Gasteiger partial charge in [0.1, 0.15) is 5.82 Å². The second-order valence-corrected chi connectivity index (χ2v) is 9.44. The van der Waals surface area contributed by atoms with Gasteiger partial charge in [-0.15, -0.1) is 0 Å². The van der Waals surface area contributed by atoms with Crippen molar-refractivity contribution in [3.63, 3.8) is 0 Å². The molecule has 2 aliphatic rings. The molecule has 5 rings (SSSR count). The van der Waals surface area contributed by atoms with Gasteiger partial charge in [0.2, 0.25) is 5.95 Å². The molecule has 3 aromatic rings. The number of anilines is 1. The molecule has 0 unspecified atom stereocenters. The van der Waals surface area contributed by atoms with Crippen LogP contribution < -0.4 is 4.90 Å². The van der Waals surface area contributed by atoms with Crippen LogP contribution in [-0.4, -0.2) is 68.1 Å². The van der Waals surface area contributed by atoms with Crippen LogP contribution in [0.1, 0.15) is 35.0 Å². The minimum absolute atomic E-state index is 0.216. The summed E-state index contributed by atoms with van der Waals surface area (Å²) in [6.07, 6.45) is 3.81. The van der Waals surface area contributed by atoms with Crippen LogP contribution >= 0.6 is 15.9 Å². The van der Waals surface area contributed by atoms with E-state index < -0.39 is 11.9 Å². The van der Waals surface area contributed by atoms with Crippen LogP contribution in [0.5, 0.6) is 0 Å². The van der Waals surface area contributed by atoms with E-state index in [1.165, 1.54) is 17.1 Å². The number of nitrogens with zero attached hydrogens (tertiary/aromatic N) is 9. The first kappa shape index (κ1) is 23.9. The van der Waals surface area contributed by atoms with Crippen LogP contribution in [0.25, 0.3) is 5.82 Å². The first-order valence-corrected chi connectivity index (χ1v) is 12.3. The Morgan fingerprint density at radius 1 is 1.19 bits per heavy atom. The van der Waals surface area contributed by atoms with Crippen molar-refractivity contribution < 1.29 is 9.18 Å². The molecule has 0 saturated carbocycles. The molecule has 1 fully saturated rings. The highest BCUT2D eigenvalue weighted by molar-refractivity contribution is 9.10. The van der Waals surface area contributed by atoms with E-state index in [-0.39, 0.29) is 11.6 Å². The Kier molecular flexibility index (Phi) is 6.40. The fraction of sp³-hybridized carbons (Fsp3) is 0.333. The Morgan fingerprint density at radius 2 is 1.97 bits per heavy atom. The van der Waals surface area contributed by atoms with Crippen LogP contribution in [-0.2, 0) is 0 Å². The van der Waals surface area contributed by atoms with Crippen molar-refractivity contribution in [3.8, 4) is 11.9 Å². The van der Waals surface area contributed by atoms with E-state index in [4.69, 9.17) is 4.98 Å². The molecule has 0 N–H and O–H groups in total. The molecular weight excluding hydrogens is 529 g/mol. The number of rotatable bonds is 3. The molecule has 184 valence electrons. The normalized spacial score (nSPS) is 17.5. The Bertz CT molecular complexity index is 1390. The van der Waals surface area contributed by atoms with Gasteiger partial charge in [-0.2, -0.15) is 20.4 Å². The summed E-state index contributed by atoms with van der Waals surface area (Å²) in [6, 6.07) is 7.20. The number of hydrogen-bond donors (Lipinski definition) is 0. The van der Waals surface area contributed by atoms with Gasteiger partial charge in [-0.25, -0.2) is 23.9 Å². The fourth-order valence-electron chi connectivity index (χ4n) is 4.44. The zero-order valence-corrected chi connectivity index (χ0v) is 21.4. The molecule has 0 aliphatic carbocycles. The molecule has 1 saturated heterocycles. The lowest BCUT2D eigenvalue weighted by Crippen LogP contribution is -2.52. The number of aryl methyl sites for hydroxylation is 1. The van der Waals surface area contributed by atoms with Crippen molar-refractivity contribution in [1.82, 2.24) is 29.7 Å². The van der Waals surface area contributed by atoms with E-state index in [1.807, 2.05) is 30.9 Å². The van der Waals surface area contributed by atoms with Crippen LogP contribution in [0, 0.1) is 31.0 Å². The number of carbonyl (C=O) groups is 1. The summed E-state index contributed by atoms with van der Waals surface area (Å²) < 4.78 is 16.7. The van der Waals surface area contributed by atoms with Crippen molar-refractivity contribution in [3.05, 3.63) is 63.3 Å². The minimum atomic E-state index is -0.507. The zero-order chi connectivity index (χ0) is 25.4. The molecular formula is C24H23BrFN9O. The van der Waals surface area contributed by atoms with Gasteiger partial charge in [0.15, 0.2) is 5.82 Å². The first-order valence-electron chi connectivity index (χ1n) is 11.5. The largest absolute Gasteiger partial charge is 0.341 e. The van der Waals surface area contributed by atoms with Crippen molar-refractivity contribution in [2.24, 2.45) is 5.10 Å². The lowest BCUT2D eigenvalue weighted by molar-refractivity contribution is 0.139. The van der Waals surface area contributed by atoms with Crippen molar-refractivity contribution >= 4 is 34.1 Å². The highest BCUT2D eigenvalue weighted by atomic mass is 79.9. The van der Waals surface area contributed by atoms with Crippen molar-refractivity contribution in [2.75, 3.05) is 31.1 Å². The Hall–Kier alpha value is -3.85. The number of piperazine rings is 1. The second kappa shape index (κ2) is 9.66. The van der Waals surface area contributed by atoms with E-state index in [2.05, 4.69) is 31.1 Å². The highest BCUT2D eigenvalue weighted by Crippen LogP contribution is 2.31. The monoisotopic (exact) mass is 551 g/mol. The third-order valence-corrected chi connectivity index (χ3v) is 7.49. The third kappa shape index (κ3) is 4.42. The smallest absolute Gasteiger partial charge is 0.337 e. The number of aromatic nitrogens is 4. The van der Waals surface area contributed by atoms with E-state index in [0.717, 1.165) is 15.9 Å². The number of amides is 2. The zero-order valence-electron chi connectivity index (χ0n) is 19.8. The molecule has 0 radical (unpaired) electrons. The van der Waals surface area contributed by atoms with Crippen molar-refractivity contribution in [2.45, 2.75) is 26.3 Å². The van der Waals surface area contributed by atoms with Gasteiger partial charge in [0, 0.05) is 51.1 Å². The Labute approximate surface area is 215 Å². The maximum absolute atomic E-state index is 14.0. The molecule has 10 nitrogen and oxygen atoms in total. The van der Waals surface area contributed by atoms with Gasteiger partial charge in [-0.1, -0.05) is 0 Å². The van der Waals surface area contributed by atoms with Gasteiger partial charge < -0.3 is 9.80 Å². The number of urea groups is 1. The standard InChI is InChI=1S/C24H23BrFN9O/c1-15-22(25)16(2)34(31-15)21-4-5-28-23(30-21)32-7-9-33(10-8-32)24(36)35-20(3-6-29-35)18-11-17(14-27)12-19(26)13-18/h4-6,11-13,20H,3,7-10H2,1-2H3/t20-/m0/s1. The highest BCUT2D eigenvalue weighted by Gasteiger charge is 2.34.